The summed E-state index contributed by atoms with van der Waals surface area (Å²) in [7, 11) is 0. The molecule has 0 N–H and O–H groups in total. The van der Waals surface area contributed by atoms with Crippen LogP contribution in [0.2, 0.25) is 0 Å². The van der Waals surface area contributed by atoms with Gasteiger partial charge in [0.05, 0.1) is 6.61 Å². The number of esters is 2. The normalized spacial score (nSPS) is 12.2. The number of carbonyl (C=O) groups excluding carboxylic acids is 2. The molecule has 0 radical (unpaired) electrons. The number of rotatable bonds is 5. The Bertz CT molecular complexity index is 318. The highest BCUT2D eigenvalue weighted by atomic mass is 19.1. The van der Waals surface area contributed by atoms with Crippen LogP contribution in [0.4, 0.5) is 4.39 Å². The first-order valence-corrected chi connectivity index (χ1v) is 4.81. The van der Waals surface area contributed by atoms with E-state index in [1.54, 1.807) is 13.8 Å². The fourth-order valence-corrected chi connectivity index (χ4v) is 0.808. The Labute approximate surface area is 93.7 Å². The topological polar surface area (TPSA) is 52.6 Å². The molecule has 4 nitrogen and oxygen atoms in total. The second kappa shape index (κ2) is 7.62. The molecule has 0 amide bonds. The van der Waals surface area contributed by atoms with Crippen LogP contribution >= 0.6 is 0 Å². The van der Waals surface area contributed by atoms with E-state index >= 15 is 0 Å². The van der Waals surface area contributed by atoms with Gasteiger partial charge >= 0.3 is 11.9 Å². The van der Waals surface area contributed by atoms with Gasteiger partial charge in [0.2, 0.25) is 5.83 Å². The second-order valence-corrected chi connectivity index (χ2v) is 2.96. The lowest BCUT2D eigenvalue weighted by Gasteiger charge is -1.99. The van der Waals surface area contributed by atoms with Gasteiger partial charge in [0, 0.05) is 6.92 Å². The van der Waals surface area contributed by atoms with E-state index in [1.807, 2.05) is 0 Å². The van der Waals surface area contributed by atoms with E-state index < -0.39 is 17.8 Å². The maximum atomic E-state index is 13.1. The van der Waals surface area contributed by atoms with Gasteiger partial charge in [0.15, 0.2) is 0 Å². The van der Waals surface area contributed by atoms with Crippen LogP contribution in [0.1, 0.15) is 20.8 Å². The molecular formula is C11H15FO4. The summed E-state index contributed by atoms with van der Waals surface area (Å²) >= 11 is 0. The Hall–Kier alpha value is -1.65. The standard InChI is InChI=1S/C11H15FO4/c1-4-15-11(14)10(12)7-8(2)5-6-16-9(3)13/h5,7H,4,6H2,1-3H3. The number of halogens is 1. The van der Waals surface area contributed by atoms with Gasteiger partial charge in [-0.3, -0.25) is 4.79 Å². The largest absolute Gasteiger partial charge is 0.462 e. The van der Waals surface area contributed by atoms with Crippen molar-refractivity contribution in [1.29, 1.82) is 0 Å². The SMILES string of the molecule is CCOC(=O)C(F)=CC(C)=CCOC(C)=O. The molecule has 0 atom stereocenters. The predicted molar refractivity (Wildman–Crippen MR) is 56.2 cm³/mol. The molecule has 0 aromatic carbocycles. The van der Waals surface area contributed by atoms with Gasteiger partial charge in [-0.1, -0.05) is 0 Å². The van der Waals surface area contributed by atoms with Gasteiger partial charge in [0.1, 0.15) is 6.61 Å². The highest BCUT2D eigenvalue weighted by molar-refractivity contribution is 5.86. The molecule has 90 valence electrons. The van der Waals surface area contributed by atoms with Crippen LogP contribution in [-0.4, -0.2) is 25.2 Å². The van der Waals surface area contributed by atoms with Crippen molar-refractivity contribution in [1.82, 2.24) is 0 Å². The number of allylic oxidation sites excluding steroid dienone is 2. The highest BCUT2D eigenvalue weighted by Crippen LogP contribution is 2.05. The monoisotopic (exact) mass is 230 g/mol. The van der Waals surface area contributed by atoms with Gasteiger partial charge < -0.3 is 9.47 Å². The van der Waals surface area contributed by atoms with Crippen molar-refractivity contribution >= 4 is 11.9 Å². The second-order valence-electron chi connectivity index (χ2n) is 2.96. The summed E-state index contributed by atoms with van der Waals surface area (Å²) in [6.07, 6.45) is 2.52. The molecule has 5 heteroatoms. The van der Waals surface area contributed by atoms with E-state index in [1.165, 1.54) is 13.0 Å². The van der Waals surface area contributed by atoms with Crippen LogP contribution in [0.15, 0.2) is 23.6 Å². The third-order valence-corrected chi connectivity index (χ3v) is 1.52. The molecule has 0 aromatic rings. The molecule has 0 bridgehead atoms. The van der Waals surface area contributed by atoms with Crippen molar-refractivity contribution < 1.29 is 23.5 Å². The molecule has 16 heavy (non-hydrogen) atoms. The molecule has 0 saturated heterocycles. The van der Waals surface area contributed by atoms with E-state index in [0.717, 1.165) is 6.08 Å². The molecule has 0 aliphatic rings. The molecule has 0 spiro atoms. The van der Waals surface area contributed by atoms with Crippen molar-refractivity contribution in [3.63, 3.8) is 0 Å². The van der Waals surface area contributed by atoms with Crippen LogP contribution in [0.25, 0.3) is 0 Å². The van der Waals surface area contributed by atoms with Gasteiger partial charge in [-0.15, -0.1) is 0 Å². The van der Waals surface area contributed by atoms with E-state index in [-0.39, 0.29) is 13.2 Å². The summed E-state index contributed by atoms with van der Waals surface area (Å²) in [4.78, 5) is 21.3. The fourth-order valence-electron chi connectivity index (χ4n) is 0.808. The van der Waals surface area contributed by atoms with Crippen LogP contribution in [0.3, 0.4) is 0 Å². The molecule has 0 aromatic heterocycles. The number of ether oxygens (including phenoxy) is 2. The Morgan fingerprint density at radius 3 is 2.38 bits per heavy atom. The lowest BCUT2D eigenvalue weighted by Crippen LogP contribution is -2.04. The maximum Gasteiger partial charge on any atom is 0.367 e. The van der Waals surface area contributed by atoms with Crippen molar-refractivity contribution in [3.05, 3.63) is 23.6 Å². The third-order valence-electron chi connectivity index (χ3n) is 1.52. The Morgan fingerprint density at radius 1 is 1.25 bits per heavy atom. The first kappa shape index (κ1) is 14.3. The molecule has 0 rings (SSSR count). The van der Waals surface area contributed by atoms with Crippen LogP contribution in [0.5, 0.6) is 0 Å². The summed E-state index contributed by atoms with van der Waals surface area (Å²) in [6, 6.07) is 0. The van der Waals surface area contributed by atoms with E-state index in [4.69, 9.17) is 0 Å². The third kappa shape index (κ3) is 6.75. The summed E-state index contributed by atoms with van der Waals surface area (Å²) in [6.45, 7) is 4.62. The zero-order chi connectivity index (χ0) is 12.6. The van der Waals surface area contributed by atoms with Crippen LogP contribution in [-0.2, 0) is 19.1 Å². The molecular weight excluding hydrogens is 215 g/mol. The molecule has 0 aliphatic heterocycles. The Morgan fingerprint density at radius 2 is 1.88 bits per heavy atom. The average Bonchev–Trinajstić information content (AvgIpc) is 2.17. The van der Waals surface area contributed by atoms with Crippen molar-refractivity contribution in [2.24, 2.45) is 0 Å². The van der Waals surface area contributed by atoms with E-state index in [0.29, 0.717) is 5.57 Å². The summed E-state index contributed by atoms with van der Waals surface area (Å²) in [5.41, 5.74) is 0.479. The molecule has 0 aliphatic carbocycles. The fraction of sp³-hybridized carbons (Fsp3) is 0.455. The van der Waals surface area contributed by atoms with E-state index in [2.05, 4.69) is 9.47 Å². The predicted octanol–water partition coefficient (Wildman–Crippen LogP) is 1.91. The van der Waals surface area contributed by atoms with Crippen LogP contribution < -0.4 is 0 Å². The van der Waals surface area contributed by atoms with Crippen molar-refractivity contribution in [2.75, 3.05) is 13.2 Å². The summed E-state index contributed by atoms with van der Waals surface area (Å²) < 4.78 is 22.1. The first-order valence-electron chi connectivity index (χ1n) is 4.81. The van der Waals surface area contributed by atoms with Crippen molar-refractivity contribution in [3.8, 4) is 0 Å². The minimum Gasteiger partial charge on any atom is -0.462 e. The van der Waals surface area contributed by atoms with Gasteiger partial charge in [0.25, 0.3) is 0 Å². The first-order chi connectivity index (χ1) is 7.47. The average molecular weight is 230 g/mol. The van der Waals surface area contributed by atoms with Crippen LogP contribution in [0, 0.1) is 0 Å². The number of carbonyl (C=O) groups is 2. The number of hydrogen-bond acceptors (Lipinski definition) is 4. The molecule has 0 saturated carbocycles. The lowest BCUT2D eigenvalue weighted by molar-refractivity contribution is -0.140. The zero-order valence-corrected chi connectivity index (χ0v) is 9.58. The van der Waals surface area contributed by atoms with Gasteiger partial charge in [-0.25, -0.2) is 4.79 Å². The quantitative estimate of drug-likeness (QED) is 0.411. The molecule has 0 heterocycles. The molecule has 0 fully saturated rings. The van der Waals surface area contributed by atoms with Gasteiger partial charge in [-0.2, -0.15) is 4.39 Å². The zero-order valence-electron chi connectivity index (χ0n) is 9.58. The minimum atomic E-state index is -0.997. The smallest absolute Gasteiger partial charge is 0.367 e. The summed E-state index contributed by atoms with van der Waals surface area (Å²) in [5.74, 6) is -2.39. The maximum absolute atomic E-state index is 13.1. The highest BCUT2D eigenvalue weighted by Gasteiger charge is 2.08. The minimum absolute atomic E-state index is 0.0494. The van der Waals surface area contributed by atoms with Crippen molar-refractivity contribution in [2.45, 2.75) is 20.8 Å². The van der Waals surface area contributed by atoms with Gasteiger partial charge in [-0.05, 0) is 31.6 Å². The molecule has 0 unspecified atom stereocenters. The van der Waals surface area contributed by atoms with E-state index in [9.17, 15) is 14.0 Å². The Balaban J connectivity index is 4.28. The number of hydrogen-bond donors (Lipinski definition) is 0. The lowest BCUT2D eigenvalue weighted by atomic mass is 10.2. The summed E-state index contributed by atoms with van der Waals surface area (Å²) in [5, 5.41) is 0. The Kier molecular flexibility index (Phi) is 6.83.